The van der Waals surface area contributed by atoms with E-state index in [4.69, 9.17) is 21.4 Å². The number of aliphatic hydroxyl groups excluding tert-OH is 1. The average molecular weight is 266 g/mol. The van der Waals surface area contributed by atoms with Gasteiger partial charge in [0.15, 0.2) is 0 Å². The molecule has 1 aromatic heterocycles. The second-order valence-electron chi connectivity index (χ2n) is 4.29. The predicted molar refractivity (Wildman–Crippen MR) is 65.5 cm³/mol. The second-order valence-corrected chi connectivity index (χ2v) is 4.72. The van der Waals surface area contributed by atoms with Crippen molar-refractivity contribution in [2.75, 3.05) is 0 Å². The molecule has 1 aliphatic rings. The van der Waals surface area contributed by atoms with E-state index in [0.29, 0.717) is 12.2 Å². The molecule has 3 rings (SSSR count). The van der Waals surface area contributed by atoms with E-state index >= 15 is 0 Å². The van der Waals surface area contributed by atoms with Crippen LogP contribution in [-0.2, 0) is 19.6 Å². The standard InChI is InChI=1S/C12H12ClN3O2/c13-9-1-2-12-8(3-9)4-11(18-12)6-16-5-10(7-17)14-15-16/h1-3,5,11,17H,4,6-7H2. The van der Waals surface area contributed by atoms with E-state index in [-0.39, 0.29) is 12.7 Å². The quantitative estimate of drug-likeness (QED) is 0.912. The van der Waals surface area contributed by atoms with Gasteiger partial charge in [0.1, 0.15) is 17.5 Å². The van der Waals surface area contributed by atoms with Gasteiger partial charge in [-0.2, -0.15) is 0 Å². The Labute approximate surface area is 109 Å². The van der Waals surface area contributed by atoms with Crippen molar-refractivity contribution >= 4 is 11.6 Å². The van der Waals surface area contributed by atoms with Crippen molar-refractivity contribution in [3.8, 4) is 5.75 Å². The molecule has 1 aliphatic heterocycles. The second kappa shape index (κ2) is 4.59. The first-order valence-corrected chi connectivity index (χ1v) is 6.07. The molecule has 94 valence electrons. The van der Waals surface area contributed by atoms with Crippen LogP contribution in [0.2, 0.25) is 5.02 Å². The smallest absolute Gasteiger partial charge is 0.123 e. The van der Waals surface area contributed by atoms with Crippen molar-refractivity contribution < 1.29 is 9.84 Å². The normalized spacial score (nSPS) is 17.6. The Hall–Kier alpha value is -1.59. The van der Waals surface area contributed by atoms with Crippen molar-refractivity contribution in [2.24, 2.45) is 0 Å². The van der Waals surface area contributed by atoms with Crippen molar-refractivity contribution in [1.82, 2.24) is 15.0 Å². The average Bonchev–Trinajstić information content (AvgIpc) is 2.95. The van der Waals surface area contributed by atoms with Gasteiger partial charge in [-0.25, -0.2) is 4.68 Å². The highest BCUT2D eigenvalue weighted by Gasteiger charge is 2.23. The lowest BCUT2D eigenvalue weighted by molar-refractivity contribution is 0.202. The molecule has 1 unspecified atom stereocenters. The SMILES string of the molecule is OCc1cn(CC2Cc3cc(Cl)ccc3O2)nn1. The number of rotatable bonds is 3. The number of hydrogen-bond donors (Lipinski definition) is 1. The zero-order valence-corrected chi connectivity index (χ0v) is 10.3. The van der Waals surface area contributed by atoms with Crippen LogP contribution < -0.4 is 4.74 Å². The first-order chi connectivity index (χ1) is 8.74. The molecule has 2 heterocycles. The monoisotopic (exact) mass is 265 g/mol. The summed E-state index contributed by atoms with van der Waals surface area (Å²) in [4.78, 5) is 0. The summed E-state index contributed by atoms with van der Waals surface area (Å²) in [6.07, 6.45) is 2.57. The van der Waals surface area contributed by atoms with E-state index in [2.05, 4.69) is 10.3 Å². The summed E-state index contributed by atoms with van der Waals surface area (Å²) in [5.41, 5.74) is 1.68. The zero-order chi connectivity index (χ0) is 12.5. The third kappa shape index (κ3) is 2.19. The van der Waals surface area contributed by atoms with E-state index < -0.39 is 0 Å². The first kappa shape index (κ1) is 11.5. The lowest BCUT2D eigenvalue weighted by Gasteiger charge is -2.09. The van der Waals surface area contributed by atoms with Gasteiger partial charge in [0.2, 0.25) is 0 Å². The van der Waals surface area contributed by atoms with Crippen molar-refractivity contribution in [3.05, 3.63) is 40.7 Å². The van der Waals surface area contributed by atoms with Crippen LogP contribution in [0.4, 0.5) is 0 Å². The molecule has 0 aliphatic carbocycles. The van der Waals surface area contributed by atoms with Gasteiger partial charge in [-0.3, -0.25) is 0 Å². The fourth-order valence-corrected chi connectivity index (χ4v) is 2.29. The number of fused-ring (bicyclic) bond motifs is 1. The Morgan fingerprint density at radius 2 is 2.39 bits per heavy atom. The third-order valence-corrected chi connectivity index (χ3v) is 3.14. The van der Waals surface area contributed by atoms with Gasteiger partial charge in [-0.15, -0.1) is 5.10 Å². The van der Waals surface area contributed by atoms with Gasteiger partial charge in [-0.05, 0) is 23.8 Å². The van der Waals surface area contributed by atoms with Gasteiger partial charge in [0, 0.05) is 11.4 Å². The van der Waals surface area contributed by atoms with Crippen molar-refractivity contribution in [2.45, 2.75) is 25.7 Å². The molecule has 1 N–H and O–H groups in total. The molecule has 0 bridgehead atoms. The number of aromatic nitrogens is 3. The lowest BCUT2D eigenvalue weighted by Crippen LogP contribution is -2.21. The Morgan fingerprint density at radius 1 is 1.50 bits per heavy atom. The third-order valence-electron chi connectivity index (χ3n) is 2.90. The van der Waals surface area contributed by atoms with E-state index in [1.54, 1.807) is 10.9 Å². The number of hydrogen-bond acceptors (Lipinski definition) is 4. The summed E-state index contributed by atoms with van der Waals surface area (Å²) < 4.78 is 7.48. The van der Waals surface area contributed by atoms with Crippen LogP contribution in [0.1, 0.15) is 11.3 Å². The molecular formula is C12H12ClN3O2. The summed E-state index contributed by atoms with van der Waals surface area (Å²) in [5.74, 6) is 0.881. The van der Waals surface area contributed by atoms with Gasteiger partial charge in [0.05, 0.1) is 19.3 Å². The summed E-state index contributed by atoms with van der Waals surface area (Å²) in [7, 11) is 0. The number of ether oxygens (including phenoxy) is 1. The minimum absolute atomic E-state index is 0.0340. The Kier molecular flexibility index (Phi) is 2.93. The molecule has 0 saturated carbocycles. The van der Waals surface area contributed by atoms with Gasteiger partial charge in [-0.1, -0.05) is 16.8 Å². The van der Waals surface area contributed by atoms with Crippen LogP contribution in [0.3, 0.4) is 0 Å². The van der Waals surface area contributed by atoms with Crippen LogP contribution in [0.15, 0.2) is 24.4 Å². The van der Waals surface area contributed by atoms with E-state index in [1.807, 2.05) is 18.2 Å². The number of nitrogens with zero attached hydrogens (tertiary/aromatic N) is 3. The summed E-state index contributed by atoms with van der Waals surface area (Å²) in [6.45, 7) is 0.515. The minimum atomic E-state index is -0.0959. The molecule has 18 heavy (non-hydrogen) atoms. The highest BCUT2D eigenvalue weighted by atomic mass is 35.5. The van der Waals surface area contributed by atoms with Gasteiger partial charge < -0.3 is 9.84 Å². The Morgan fingerprint density at radius 3 is 3.17 bits per heavy atom. The Balaban J connectivity index is 1.70. The van der Waals surface area contributed by atoms with Crippen molar-refractivity contribution in [1.29, 1.82) is 0 Å². The maximum atomic E-state index is 8.92. The van der Waals surface area contributed by atoms with Crippen LogP contribution >= 0.6 is 11.6 Å². The summed E-state index contributed by atoms with van der Waals surface area (Å²) in [5, 5.41) is 17.4. The van der Waals surface area contributed by atoms with Gasteiger partial charge >= 0.3 is 0 Å². The zero-order valence-electron chi connectivity index (χ0n) is 9.58. The van der Waals surface area contributed by atoms with Crippen LogP contribution in [0, 0.1) is 0 Å². The minimum Gasteiger partial charge on any atom is -0.488 e. The van der Waals surface area contributed by atoms with Crippen molar-refractivity contribution in [3.63, 3.8) is 0 Å². The number of halogens is 1. The molecule has 0 saturated heterocycles. The van der Waals surface area contributed by atoms with E-state index in [9.17, 15) is 0 Å². The largest absolute Gasteiger partial charge is 0.488 e. The number of aliphatic hydroxyl groups is 1. The maximum Gasteiger partial charge on any atom is 0.123 e. The maximum absolute atomic E-state index is 8.92. The molecule has 1 aromatic carbocycles. The summed E-state index contributed by atoms with van der Waals surface area (Å²) >= 11 is 5.94. The summed E-state index contributed by atoms with van der Waals surface area (Å²) in [6, 6.07) is 5.64. The van der Waals surface area contributed by atoms with E-state index in [1.165, 1.54) is 0 Å². The highest BCUT2D eigenvalue weighted by molar-refractivity contribution is 6.30. The fourth-order valence-electron chi connectivity index (χ4n) is 2.10. The molecule has 5 nitrogen and oxygen atoms in total. The molecule has 2 aromatic rings. The number of benzene rings is 1. The fraction of sp³-hybridized carbons (Fsp3) is 0.333. The van der Waals surface area contributed by atoms with Gasteiger partial charge in [0.25, 0.3) is 0 Å². The van der Waals surface area contributed by atoms with Crippen LogP contribution in [0.25, 0.3) is 0 Å². The Bertz CT molecular complexity index is 570. The topological polar surface area (TPSA) is 60.2 Å². The van der Waals surface area contributed by atoms with Crippen LogP contribution in [-0.4, -0.2) is 26.2 Å². The van der Waals surface area contributed by atoms with E-state index in [0.717, 1.165) is 22.8 Å². The lowest BCUT2D eigenvalue weighted by atomic mass is 10.1. The highest BCUT2D eigenvalue weighted by Crippen LogP contribution is 2.31. The molecule has 1 atom stereocenters. The molecule has 0 radical (unpaired) electrons. The first-order valence-electron chi connectivity index (χ1n) is 5.69. The predicted octanol–water partition coefficient (Wildman–Crippen LogP) is 1.43. The molecule has 0 amide bonds. The molecular weight excluding hydrogens is 254 g/mol. The molecule has 6 heteroatoms. The van der Waals surface area contributed by atoms with Crippen LogP contribution in [0.5, 0.6) is 5.75 Å². The molecule has 0 spiro atoms. The molecule has 0 fully saturated rings.